The molecule has 1 aliphatic rings. The van der Waals surface area contributed by atoms with E-state index in [1.807, 2.05) is 60.7 Å². The Hall–Kier alpha value is -4.19. The van der Waals surface area contributed by atoms with Gasteiger partial charge < -0.3 is 9.84 Å². The van der Waals surface area contributed by atoms with Crippen LogP contribution in [0.4, 0.5) is 4.39 Å². The lowest BCUT2D eigenvalue weighted by molar-refractivity contribution is -0.131. The van der Waals surface area contributed by atoms with Gasteiger partial charge in [-0.15, -0.1) is 0 Å². The Bertz CT molecular complexity index is 1430. The van der Waals surface area contributed by atoms with Crippen LogP contribution in [0.1, 0.15) is 35.1 Å². The van der Waals surface area contributed by atoms with E-state index in [1.165, 1.54) is 5.57 Å². The van der Waals surface area contributed by atoms with E-state index in [0.717, 1.165) is 52.5 Å². The molecule has 1 saturated carbocycles. The van der Waals surface area contributed by atoms with Gasteiger partial charge in [-0.3, -0.25) is 5.10 Å². The molecule has 1 aliphatic carbocycles. The normalized spacial score (nSPS) is 14.4. The number of aromatic amines is 1. The molecule has 170 valence electrons. The lowest BCUT2D eigenvalue weighted by Gasteiger charge is -2.18. The summed E-state index contributed by atoms with van der Waals surface area (Å²) in [4.78, 5) is 10.9. The van der Waals surface area contributed by atoms with E-state index >= 15 is 0 Å². The number of fused-ring (bicyclic) bond motifs is 1. The SMILES string of the molecule is COc1cccc(C(=C(c2ccc(C=CC(=O)O)cc2)c2ccc3n[nH]c(F)c3c2)C2CC2)c1. The van der Waals surface area contributed by atoms with Gasteiger partial charge in [-0.1, -0.05) is 42.5 Å². The molecule has 2 N–H and O–H groups in total. The molecule has 0 atom stereocenters. The van der Waals surface area contributed by atoms with Crippen LogP contribution >= 0.6 is 0 Å². The number of nitrogens with zero attached hydrogens (tertiary/aromatic N) is 1. The molecule has 1 aromatic heterocycles. The first-order valence-corrected chi connectivity index (χ1v) is 11.1. The van der Waals surface area contributed by atoms with Gasteiger partial charge in [0.1, 0.15) is 5.75 Å². The molecule has 0 aliphatic heterocycles. The van der Waals surface area contributed by atoms with Crippen molar-refractivity contribution >= 4 is 34.1 Å². The first-order chi connectivity index (χ1) is 16.5. The number of aromatic nitrogens is 2. The molecular formula is C28H23FN2O3. The summed E-state index contributed by atoms with van der Waals surface area (Å²) in [6, 6.07) is 21.4. The number of benzene rings is 3. The summed E-state index contributed by atoms with van der Waals surface area (Å²) in [6.45, 7) is 0. The second kappa shape index (κ2) is 8.98. The molecule has 3 aromatic carbocycles. The third-order valence-electron chi connectivity index (χ3n) is 6.05. The maximum atomic E-state index is 14.4. The van der Waals surface area contributed by atoms with Gasteiger partial charge in [0.2, 0.25) is 5.95 Å². The zero-order chi connectivity index (χ0) is 23.7. The van der Waals surface area contributed by atoms with Crippen molar-refractivity contribution in [2.24, 2.45) is 5.92 Å². The van der Waals surface area contributed by atoms with E-state index in [2.05, 4.69) is 16.3 Å². The number of carboxylic acids is 1. The van der Waals surface area contributed by atoms with Crippen LogP contribution < -0.4 is 4.74 Å². The number of carboxylic acid groups (broad SMARTS) is 1. The van der Waals surface area contributed by atoms with Gasteiger partial charge in [0.15, 0.2) is 0 Å². The zero-order valence-electron chi connectivity index (χ0n) is 18.6. The summed E-state index contributed by atoms with van der Waals surface area (Å²) in [5, 5.41) is 15.8. The third kappa shape index (κ3) is 4.35. The highest BCUT2D eigenvalue weighted by atomic mass is 19.1. The van der Waals surface area contributed by atoms with E-state index in [0.29, 0.717) is 16.8 Å². The number of rotatable bonds is 7. The first kappa shape index (κ1) is 21.6. The minimum atomic E-state index is -0.992. The van der Waals surface area contributed by atoms with E-state index < -0.39 is 11.9 Å². The van der Waals surface area contributed by atoms with Crippen molar-refractivity contribution in [3.8, 4) is 5.75 Å². The van der Waals surface area contributed by atoms with Gasteiger partial charge in [0.05, 0.1) is 18.0 Å². The summed E-state index contributed by atoms with van der Waals surface area (Å²) in [7, 11) is 1.65. The monoisotopic (exact) mass is 454 g/mol. The number of ether oxygens (including phenoxy) is 1. The van der Waals surface area contributed by atoms with Crippen molar-refractivity contribution in [1.82, 2.24) is 10.2 Å². The third-order valence-corrected chi connectivity index (χ3v) is 6.05. The van der Waals surface area contributed by atoms with E-state index in [1.54, 1.807) is 13.2 Å². The van der Waals surface area contributed by atoms with Gasteiger partial charge in [-0.05, 0) is 82.5 Å². The van der Waals surface area contributed by atoms with E-state index in [9.17, 15) is 9.18 Å². The van der Waals surface area contributed by atoms with Gasteiger partial charge in [0.25, 0.3) is 0 Å². The lowest BCUT2D eigenvalue weighted by Crippen LogP contribution is -1.98. The minimum absolute atomic E-state index is 0.388. The smallest absolute Gasteiger partial charge is 0.328 e. The molecule has 0 amide bonds. The molecule has 0 unspecified atom stereocenters. The highest BCUT2D eigenvalue weighted by molar-refractivity contribution is 6.02. The predicted octanol–water partition coefficient (Wildman–Crippen LogP) is 6.18. The van der Waals surface area contributed by atoms with Crippen LogP contribution in [0.3, 0.4) is 0 Å². The summed E-state index contributed by atoms with van der Waals surface area (Å²) in [5.74, 6) is -0.284. The molecule has 5 nitrogen and oxygen atoms in total. The highest BCUT2D eigenvalue weighted by Gasteiger charge is 2.31. The number of H-pyrrole nitrogens is 1. The number of nitrogens with one attached hydrogen (secondary N) is 1. The Balaban J connectivity index is 1.73. The van der Waals surface area contributed by atoms with Crippen LogP contribution in [-0.2, 0) is 4.79 Å². The second-order valence-corrected chi connectivity index (χ2v) is 8.36. The highest BCUT2D eigenvalue weighted by Crippen LogP contribution is 2.48. The molecule has 0 saturated heterocycles. The topological polar surface area (TPSA) is 75.2 Å². The number of aliphatic carboxylic acids is 1. The largest absolute Gasteiger partial charge is 0.497 e. The maximum absolute atomic E-state index is 14.4. The molecule has 4 aromatic rings. The van der Waals surface area contributed by atoms with Crippen LogP contribution in [0.5, 0.6) is 5.75 Å². The van der Waals surface area contributed by atoms with Crippen molar-refractivity contribution in [3.63, 3.8) is 0 Å². The van der Waals surface area contributed by atoms with E-state index in [-0.39, 0.29) is 0 Å². The maximum Gasteiger partial charge on any atom is 0.328 e. The first-order valence-electron chi connectivity index (χ1n) is 11.1. The predicted molar refractivity (Wildman–Crippen MR) is 131 cm³/mol. The van der Waals surface area contributed by atoms with Crippen LogP contribution in [0, 0.1) is 11.9 Å². The molecule has 6 heteroatoms. The van der Waals surface area contributed by atoms with Gasteiger partial charge >= 0.3 is 5.97 Å². The van der Waals surface area contributed by atoms with Crippen LogP contribution in [0.25, 0.3) is 28.1 Å². The van der Waals surface area contributed by atoms with Gasteiger partial charge in [-0.2, -0.15) is 9.49 Å². The lowest BCUT2D eigenvalue weighted by atomic mass is 9.86. The van der Waals surface area contributed by atoms with Crippen LogP contribution in [0.2, 0.25) is 0 Å². The van der Waals surface area contributed by atoms with E-state index in [4.69, 9.17) is 9.84 Å². The van der Waals surface area contributed by atoms with Crippen molar-refractivity contribution in [3.05, 3.63) is 101 Å². The van der Waals surface area contributed by atoms with Crippen LogP contribution in [0.15, 0.2) is 72.8 Å². The molecule has 5 rings (SSSR count). The average molecular weight is 455 g/mol. The molecule has 0 radical (unpaired) electrons. The Morgan fingerprint density at radius 2 is 1.82 bits per heavy atom. The molecule has 0 spiro atoms. The summed E-state index contributed by atoms with van der Waals surface area (Å²) >= 11 is 0. The van der Waals surface area contributed by atoms with Crippen molar-refractivity contribution in [1.29, 1.82) is 0 Å². The summed E-state index contributed by atoms with van der Waals surface area (Å²) in [6.07, 6.45) is 4.84. The number of methoxy groups -OCH3 is 1. The fourth-order valence-corrected chi connectivity index (χ4v) is 4.29. The minimum Gasteiger partial charge on any atom is -0.497 e. The Morgan fingerprint density at radius 1 is 1.06 bits per heavy atom. The summed E-state index contributed by atoms with van der Waals surface area (Å²) in [5.41, 5.74) is 6.51. The number of allylic oxidation sites excluding steroid dienone is 1. The van der Waals surface area contributed by atoms with Crippen molar-refractivity contribution < 1.29 is 19.0 Å². The molecular weight excluding hydrogens is 431 g/mol. The molecule has 0 bridgehead atoms. The van der Waals surface area contributed by atoms with Crippen molar-refractivity contribution in [2.75, 3.05) is 7.11 Å². The number of carbonyl (C=O) groups is 1. The fourth-order valence-electron chi connectivity index (χ4n) is 4.29. The van der Waals surface area contributed by atoms with Gasteiger partial charge in [-0.25, -0.2) is 4.79 Å². The number of hydrogen-bond acceptors (Lipinski definition) is 3. The Kier molecular flexibility index (Phi) is 5.72. The number of halogens is 1. The average Bonchev–Trinajstić information content (AvgIpc) is 3.63. The zero-order valence-corrected chi connectivity index (χ0v) is 18.6. The Morgan fingerprint density at radius 3 is 2.53 bits per heavy atom. The molecule has 1 fully saturated rings. The van der Waals surface area contributed by atoms with Crippen molar-refractivity contribution in [2.45, 2.75) is 12.8 Å². The summed E-state index contributed by atoms with van der Waals surface area (Å²) < 4.78 is 19.9. The van der Waals surface area contributed by atoms with Gasteiger partial charge in [0, 0.05) is 6.08 Å². The molecule has 34 heavy (non-hydrogen) atoms. The Labute approximate surface area is 196 Å². The quantitative estimate of drug-likeness (QED) is 0.258. The number of hydrogen-bond donors (Lipinski definition) is 2. The standard InChI is InChI=1S/C28H23FN2O3/c1-34-22-4-2-3-20(15-22)26(19-10-11-19)27(18-8-5-17(6-9-18)7-14-25(32)33)21-12-13-24-23(16-21)28(29)31-30-24/h2-9,12-16,19H,10-11H2,1H3,(H,30,31)(H,32,33). The molecule has 1 heterocycles. The van der Waals surface area contributed by atoms with Crippen LogP contribution in [-0.4, -0.2) is 28.4 Å². The fraction of sp³-hybridized carbons (Fsp3) is 0.143. The second-order valence-electron chi connectivity index (χ2n) is 8.36.